The first-order chi connectivity index (χ1) is 8.95. The Bertz CT molecular complexity index is 422. The van der Waals surface area contributed by atoms with Gasteiger partial charge in [-0.05, 0) is 38.2 Å². The van der Waals surface area contributed by atoms with Crippen molar-refractivity contribution in [3.05, 3.63) is 17.0 Å². The molecule has 4 heteroatoms. The molecule has 0 fully saturated rings. The minimum absolute atomic E-state index is 0.114. The molecule has 1 aromatic rings. The second-order valence-corrected chi connectivity index (χ2v) is 5.45. The maximum absolute atomic E-state index is 11.5. The van der Waals surface area contributed by atoms with E-state index in [4.69, 9.17) is 4.74 Å². The average molecular weight is 266 g/mol. The molecule has 0 aliphatic heterocycles. The van der Waals surface area contributed by atoms with Crippen LogP contribution in [0.5, 0.6) is 0 Å². The number of ether oxygens (including phenoxy) is 1. The van der Waals surface area contributed by atoms with Gasteiger partial charge < -0.3 is 4.74 Å². The van der Waals surface area contributed by atoms with Gasteiger partial charge in [-0.3, -0.25) is 9.48 Å². The van der Waals surface area contributed by atoms with Crippen molar-refractivity contribution < 1.29 is 9.53 Å². The Balaban J connectivity index is 2.63. The molecule has 0 atom stereocenters. The molecule has 0 spiro atoms. The van der Waals surface area contributed by atoms with Crippen LogP contribution in [0.2, 0.25) is 0 Å². The Morgan fingerprint density at radius 3 is 2.63 bits per heavy atom. The molecule has 0 aliphatic carbocycles. The molecule has 4 nitrogen and oxygen atoms in total. The maximum atomic E-state index is 11.5. The lowest BCUT2D eigenvalue weighted by atomic mass is 10.1. The van der Waals surface area contributed by atoms with Crippen LogP contribution in [0, 0.1) is 19.8 Å². The average Bonchev–Trinajstić information content (AvgIpc) is 2.59. The number of hydrogen-bond acceptors (Lipinski definition) is 3. The van der Waals surface area contributed by atoms with Gasteiger partial charge in [0.25, 0.3) is 0 Å². The van der Waals surface area contributed by atoms with Crippen LogP contribution in [0.1, 0.15) is 50.6 Å². The number of aryl methyl sites for hydroxylation is 1. The van der Waals surface area contributed by atoms with Crippen LogP contribution < -0.4 is 0 Å². The second kappa shape index (κ2) is 7.31. The lowest BCUT2D eigenvalue weighted by molar-refractivity contribution is -0.143. The quantitative estimate of drug-likeness (QED) is 0.712. The van der Waals surface area contributed by atoms with Gasteiger partial charge in [0, 0.05) is 18.7 Å². The smallest absolute Gasteiger partial charge is 0.306 e. The summed E-state index contributed by atoms with van der Waals surface area (Å²) in [5, 5.41) is 4.55. The molecule has 1 aromatic heterocycles. The van der Waals surface area contributed by atoms with E-state index in [0.29, 0.717) is 18.9 Å². The minimum Gasteiger partial charge on any atom is -0.466 e. The lowest BCUT2D eigenvalue weighted by Crippen LogP contribution is -2.09. The van der Waals surface area contributed by atoms with Crippen molar-refractivity contribution in [2.45, 2.75) is 60.4 Å². The largest absolute Gasteiger partial charge is 0.466 e. The van der Waals surface area contributed by atoms with Crippen molar-refractivity contribution in [2.75, 3.05) is 6.61 Å². The second-order valence-electron chi connectivity index (χ2n) is 5.45. The van der Waals surface area contributed by atoms with E-state index >= 15 is 0 Å². The highest BCUT2D eigenvalue weighted by molar-refractivity contribution is 5.69. The molecule has 0 N–H and O–H groups in total. The third kappa shape index (κ3) is 4.69. The van der Waals surface area contributed by atoms with Crippen LogP contribution in [0.3, 0.4) is 0 Å². The Morgan fingerprint density at radius 2 is 2.05 bits per heavy atom. The SMILES string of the molecule is CCCOC(=O)CCc1c(C)nn(CC(C)C)c1C. The predicted molar refractivity (Wildman–Crippen MR) is 76.1 cm³/mol. The van der Waals surface area contributed by atoms with Crippen LogP contribution in [0.25, 0.3) is 0 Å². The van der Waals surface area contributed by atoms with Crippen molar-refractivity contribution in [3.8, 4) is 0 Å². The first-order valence-electron chi connectivity index (χ1n) is 7.14. The first kappa shape index (κ1) is 15.7. The molecule has 0 radical (unpaired) electrons. The lowest BCUT2D eigenvalue weighted by Gasteiger charge is -2.08. The molecule has 19 heavy (non-hydrogen) atoms. The molecule has 0 saturated heterocycles. The fraction of sp³-hybridized carbons (Fsp3) is 0.733. The molecule has 1 heterocycles. The molecule has 1 rings (SSSR count). The fourth-order valence-corrected chi connectivity index (χ4v) is 2.13. The topological polar surface area (TPSA) is 44.1 Å². The van der Waals surface area contributed by atoms with Crippen molar-refractivity contribution in [1.82, 2.24) is 9.78 Å². The monoisotopic (exact) mass is 266 g/mol. The van der Waals surface area contributed by atoms with Gasteiger partial charge in [0.1, 0.15) is 0 Å². The molecule has 0 unspecified atom stereocenters. The van der Waals surface area contributed by atoms with Crippen molar-refractivity contribution in [2.24, 2.45) is 5.92 Å². The third-order valence-electron chi connectivity index (χ3n) is 3.12. The number of carbonyl (C=O) groups excluding carboxylic acids is 1. The fourth-order valence-electron chi connectivity index (χ4n) is 2.13. The van der Waals surface area contributed by atoms with E-state index in [1.54, 1.807) is 0 Å². The van der Waals surface area contributed by atoms with E-state index in [0.717, 1.165) is 25.1 Å². The molecule has 0 aliphatic rings. The van der Waals surface area contributed by atoms with Gasteiger partial charge in [0.15, 0.2) is 0 Å². The number of aromatic nitrogens is 2. The van der Waals surface area contributed by atoms with Gasteiger partial charge in [-0.25, -0.2) is 0 Å². The highest BCUT2D eigenvalue weighted by Crippen LogP contribution is 2.16. The summed E-state index contributed by atoms with van der Waals surface area (Å²) in [6.45, 7) is 11.9. The Hall–Kier alpha value is -1.32. The summed E-state index contributed by atoms with van der Waals surface area (Å²) >= 11 is 0. The summed E-state index contributed by atoms with van der Waals surface area (Å²) in [4.78, 5) is 11.5. The summed E-state index contributed by atoms with van der Waals surface area (Å²) < 4.78 is 7.15. The number of rotatable bonds is 7. The van der Waals surface area contributed by atoms with E-state index < -0.39 is 0 Å². The predicted octanol–water partition coefficient (Wildman–Crippen LogP) is 3.04. The van der Waals surface area contributed by atoms with Crippen molar-refractivity contribution in [1.29, 1.82) is 0 Å². The standard InChI is InChI=1S/C15H26N2O2/c1-6-9-19-15(18)8-7-14-12(4)16-17(13(14)5)10-11(2)3/h11H,6-10H2,1-5H3. The van der Waals surface area contributed by atoms with Crippen LogP contribution in [-0.4, -0.2) is 22.4 Å². The van der Waals surface area contributed by atoms with E-state index in [1.807, 2.05) is 18.5 Å². The minimum atomic E-state index is -0.114. The Labute approximate surface area is 116 Å². The summed E-state index contributed by atoms with van der Waals surface area (Å²) in [6.07, 6.45) is 2.03. The van der Waals surface area contributed by atoms with Crippen LogP contribution in [0.4, 0.5) is 0 Å². The summed E-state index contributed by atoms with van der Waals surface area (Å²) in [5.41, 5.74) is 3.39. The van der Waals surface area contributed by atoms with E-state index in [-0.39, 0.29) is 5.97 Å². The summed E-state index contributed by atoms with van der Waals surface area (Å²) in [7, 11) is 0. The van der Waals surface area contributed by atoms with Gasteiger partial charge in [-0.1, -0.05) is 20.8 Å². The van der Waals surface area contributed by atoms with Gasteiger partial charge in [0.05, 0.1) is 12.3 Å². The Morgan fingerprint density at radius 1 is 1.37 bits per heavy atom. The Kier molecular flexibility index (Phi) is 6.06. The van der Waals surface area contributed by atoms with Gasteiger partial charge in [-0.15, -0.1) is 0 Å². The van der Waals surface area contributed by atoms with E-state index in [2.05, 4.69) is 25.9 Å². The molecular weight excluding hydrogens is 240 g/mol. The normalized spacial score (nSPS) is 11.1. The van der Waals surface area contributed by atoms with Gasteiger partial charge in [0.2, 0.25) is 0 Å². The van der Waals surface area contributed by atoms with Crippen LogP contribution >= 0.6 is 0 Å². The van der Waals surface area contributed by atoms with Crippen LogP contribution in [-0.2, 0) is 22.5 Å². The van der Waals surface area contributed by atoms with E-state index in [1.165, 1.54) is 11.3 Å². The van der Waals surface area contributed by atoms with Crippen molar-refractivity contribution >= 4 is 5.97 Å². The molecular formula is C15H26N2O2. The van der Waals surface area contributed by atoms with E-state index in [9.17, 15) is 4.79 Å². The summed E-state index contributed by atoms with van der Waals surface area (Å²) in [5.74, 6) is 0.456. The number of esters is 1. The molecule has 0 saturated carbocycles. The van der Waals surface area contributed by atoms with Gasteiger partial charge >= 0.3 is 5.97 Å². The number of hydrogen-bond donors (Lipinski definition) is 0. The molecule has 0 amide bonds. The van der Waals surface area contributed by atoms with Crippen LogP contribution in [0.15, 0.2) is 0 Å². The first-order valence-corrected chi connectivity index (χ1v) is 7.14. The molecule has 108 valence electrons. The zero-order valence-electron chi connectivity index (χ0n) is 12.8. The zero-order chi connectivity index (χ0) is 14.4. The highest BCUT2D eigenvalue weighted by atomic mass is 16.5. The molecule has 0 bridgehead atoms. The van der Waals surface area contributed by atoms with Gasteiger partial charge in [-0.2, -0.15) is 5.10 Å². The highest BCUT2D eigenvalue weighted by Gasteiger charge is 2.14. The molecule has 0 aromatic carbocycles. The number of carbonyl (C=O) groups is 1. The zero-order valence-corrected chi connectivity index (χ0v) is 12.8. The summed E-state index contributed by atoms with van der Waals surface area (Å²) in [6, 6.07) is 0. The van der Waals surface area contributed by atoms with Crippen molar-refractivity contribution in [3.63, 3.8) is 0 Å². The maximum Gasteiger partial charge on any atom is 0.306 e. The number of nitrogens with zero attached hydrogens (tertiary/aromatic N) is 2. The third-order valence-corrected chi connectivity index (χ3v) is 3.12.